The number of anilines is 1. The molecule has 1 fully saturated rings. The largest absolute Gasteiger partial charge is 0.393 e. The Hall–Kier alpha value is -2.96. The number of aromatic nitrogens is 2. The van der Waals surface area contributed by atoms with Crippen molar-refractivity contribution in [2.75, 3.05) is 18.4 Å². The maximum absolute atomic E-state index is 13.5. The molecule has 2 N–H and O–H groups in total. The molecule has 1 aromatic heterocycles. The number of imidazole rings is 1. The van der Waals surface area contributed by atoms with Crippen LogP contribution in [-0.4, -0.2) is 52.5 Å². The Kier molecular flexibility index (Phi) is 5.69. The van der Waals surface area contributed by atoms with Gasteiger partial charge in [-0.1, -0.05) is 0 Å². The van der Waals surface area contributed by atoms with Crippen molar-refractivity contribution in [2.45, 2.75) is 23.8 Å². The molecule has 0 aliphatic carbocycles. The second-order valence-electron chi connectivity index (χ2n) is 7.54. The summed E-state index contributed by atoms with van der Waals surface area (Å²) in [4.78, 5) is 16.7. The molecule has 0 bridgehead atoms. The van der Waals surface area contributed by atoms with Crippen LogP contribution < -0.4 is 5.32 Å². The lowest BCUT2D eigenvalue weighted by atomic mass is 10.1. The van der Waals surface area contributed by atoms with E-state index in [0.29, 0.717) is 12.1 Å². The number of aliphatic hydroxyl groups excluding tert-OH is 1. The number of sulfonamides is 1. The SMILES string of the molecule is Cn1cnc2cc(C(=O)Nc3cc(F)c(F)c(F)c3)cc(S(=O)(=O)N3CCC(O)CC3)c21. The fraction of sp³-hybridized carbons (Fsp3) is 0.300. The van der Waals surface area contributed by atoms with Crippen LogP contribution in [0.15, 0.2) is 35.5 Å². The second-order valence-corrected chi connectivity index (χ2v) is 9.45. The number of nitrogens with zero attached hydrogens (tertiary/aromatic N) is 3. The third-order valence-corrected chi connectivity index (χ3v) is 7.23. The molecule has 8 nitrogen and oxygen atoms in total. The fourth-order valence-corrected chi connectivity index (χ4v) is 5.37. The number of carbonyl (C=O) groups excluding carboxylic acids is 1. The number of halogens is 3. The van der Waals surface area contributed by atoms with Gasteiger partial charge in [0.05, 0.1) is 23.5 Å². The molecule has 1 amide bonds. The van der Waals surface area contributed by atoms with E-state index in [0.717, 1.165) is 6.07 Å². The van der Waals surface area contributed by atoms with Gasteiger partial charge in [0.2, 0.25) is 10.0 Å². The average Bonchev–Trinajstić information content (AvgIpc) is 3.12. The van der Waals surface area contributed by atoms with Crippen molar-refractivity contribution in [3.63, 3.8) is 0 Å². The van der Waals surface area contributed by atoms with E-state index in [1.165, 1.54) is 21.3 Å². The second kappa shape index (κ2) is 8.19. The summed E-state index contributed by atoms with van der Waals surface area (Å²) >= 11 is 0. The average molecular weight is 468 g/mol. The van der Waals surface area contributed by atoms with E-state index in [4.69, 9.17) is 0 Å². The van der Waals surface area contributed by atoms with Crippen LogP contribution >= 0.6 is 0 Å². The van der Waals surface area contributed by atoms with E-state index >= 15 is 0 Å². The topological polar surface area (TPSA) is 105 Å². The van der Waals surface area contributed by atoms with E-state index < -0.39 is 39.5 Å². The van der Waals surface area contributed by atoms with Crippen LogP contribution in [0.1, 0.15) is 23.2 Å². The zero-order valence-corrected chi connectivity index (χ0v) is 17.7. The summed E-state index contributed by atoms with van der Waals surface area (Å²) in [6.45, 7) is 0.237. The molecule has 2 aromatic carbocycles. The molecule has 2 heterocycles. The first-order valence-corrected chi connectivity index (χ1v) is 11.1. The minimum atomic E-state index is -4.04. The molecule has 32 heavy (non-hydrogen) atoms. The summed E-state index contributed by atoms with van der Waals surface area (Å²) in [5, 5.41) is 11.9. The van der Waals surface area contributed by atoms with Gasteiger partial charge in [0.15, 0.2) is 17.5 Å². The van der Waals surface area contributed by atoms with Crippen molar-refractivity contribution in [3.05, 3.63) is 53.6 Å². The molecule has 0 saturated carbocycles. The van der Waals surface area contributed by atoms with Crippen LogP contribution in [0.3, 0.4) is 0 Å². The monoisotopic (exact) mass is 468 g/mol. The molecule has 0 radical (unpaired) electrons. The van der Waals surface area contributed by atoms with Gasteiger partial charge in [-0.25, -0.2) is 26.6 Å². The molecular weight excluding hydrogens is 449 g/mol. The van der Waals surface area contributed by atoms with E-state index in [1.807, 2.05) is 0 Å². The lowest BCUT2D eigenvalue weighted by Crippen LogP contribution is -2.40. The molecule has 1 aliphatic heterocycles. The van der Waals surface area contributed by atoms with Gasteiger partial charge >= 0.3 is 0 Å². The van der Waals surface area contributed by atoms with Gasteiger partial charge in [-0.2, -0.15) is 4.31 Å². The zero-order chi connectivity index (χ0) is 23.2. The number of fused-ring (bicyclic) bond motifs is 1. The maximum Gasteiger partial charge on any atom is 0.255 e. The van der Waals surface area contributed by atoms with Crippen molar-refractivity contribution >= 4 is 32.7 Å². The zero-order valence-electron chi connectivity index (χ0n) is 16.8. The highest BCUT2D eigenvalue weighted by molar-refractivity contribution is 7.89. The number of aliphatic hydroxyl groups is 1. The van der Waals surface area contributed by atoms with Gasteiger partial charge in [0.25, 0.3) is 5.91 Å². The first-order chi connectivity index (χ1) is 15.1. The van der Waals surface area contributed by atoms with E-state index in [9.17, 15) is 31.5 Å². The third kappa shape index (κ3) is 3.96. The molecule has 1 aliphatic rings. The van der Waals surface area contributed by atoms with Crippen LogP contribution in [0.2, 0.25) is 0 Å². The summed E-state index contributed by atoms with van der Waals surface area (Å²) in [7, 11) is -2.43. The van der Waals surface area contributed by atoms with E-state index in [-0.39, 0.29) is 53.1 Å². The van der Waals surface area contributed by atoms with Gasteiger partial charge in [0.1, 0.15) is 4.90 Å². The maximum atomic E-state index is 13.5. The van der Waals surface area contributed by atoms with Gasteiger partial charge in [-0.05, 0) is 25.0 Å². The van der Waals surface area contributed by atoms with E-state index in [1.54, 1.807) is 7.05 Å². The predicted molar refractivity (Wildman–Crippen MR) is 109 cm³/mol. The first kappa shape index (κ1) is 22.2. The Labute approximate surface area is 181 Å². The number of carbonyl (C=O) groups is 1. The first-order valence-electron chi connectivity index (χ1n) is 9.67. The van der Waals surface area contributed by atoms with Crippen molar-refractivity contribution in [2.24, 2.45) is 7.05 Å². The molecule has 170 valence electrons. The standard InChI is InChI=1S/C20H19F3N4O4S/c1-26-10-24-16-6-11(20(29)25-12-8-14(21)18(23)15(22)9-12)7-17(19(16)26)32(30,31)27-4-2-13(28)3-5-27/h6-10,13,28H,2-5H2,1H3,(H,25,29). The van der Waals surface area contributed by atoms with E-state index in [2.05, 4.69) is 10.3 Å². The Balaban J connectivity index is 1.75. The normalized spacial score (nSPS) is 15.9. The molecule has 1 saturated heterocycles. The summed E-state index contributed by atoms with van der Waals surface area (Å²) in [5.74, 6) is -5.47. The number of nitrogens with one attached hydrogen (secondary N) is 1. The van der Waals surface area contributed by atoms with Crippen LogP contribution in [0.4, 0.5) is 18.9 Å². The number of rotatable bonds is 4. The lowest BCUT2D eigenvalue weighted by molar-refractivity contribution is 0.102. The van der Waals surface area contributed by atoms with Crippen LogP contribution in [0, 0.1) is 17.5 Å². The fourth-order valence-electron chi connectivity index (χ4n) is 3.63. The number of benzene rings is 2. The number of piperidine rings is 1. The van der Waals surface area contributed by atoms with Crippen molar-refractivity contribution < 1.29 is 31.5 Å². The minimum Gasteiger partial charge on any atom is -0.393 e. The summed E-state index contributed by atoms with van der Waals surface area (Å²) in [6, 6.07) is 3.74. The Bertz CT molecular complexity index is 1290. The highest BCUT2D eigenvalue weighted by Crippen LogP contribution is 2.29. The Morgan fingerprint density at radius 2 is 1.75 bits per heavy atom. The number of hydrogen-bond acceptors (Lipinski definition) is 5. The van der Waals surface area contributed by atoms with Gasteiger partial charge in [-0.15, -0.1) is 0 Å². The third-order valence-electron chi connectivity index (χ3n) is 5.32. The summed E-state index contributed by atoms with van der Waals surface area (Å²) in [5.41, 5.74) is 0.0673. The van der Waals surface area contributed by atoms with Gasteiger partial charge in [0, 0.05) is 43.5 Å². The minimum absolute atomic E-state index is 0.114. The van der Waals surface area contributed by atoms with Crippen molar-refractivity contribution in [3.8, 4) is 0 Å². The number of amides is 1. The van der Waals surface area contributed by atoms with Crippen LogP contribution in [0.5, 0.6) is 0 Å². The smallest absolute Gasteiger partial charge is 0.255 e. The molecule has 0 spiro atoms. The highest BCUT2D eigenvalue weighted by Gasteiger charge is 2.32. The predicted octanol–water partition coefficient (Wildman–Crippen LogP) is 2.39. The molecule has 0 atom stereocenters. The molecule has 12 heteroatoms. The van der Waals surface area contributed by atoms with Gasteiger partial charge in [-0.3, -0.25) is 4.79 Å². The molecule has 3 aromatic rings. The molecule has 4 rings (SSSR count). The highest BCUT2D eigenvalue weighted by atomic mass is 32.2. The Morgan fingerprint density at radius 1 is 1.12 bits per heavy atom. The number of aryl methyl sites for hydroxylation is 1. The lowest BCUT2D eigenvalue weighted by Gasteiger charge is -2.29. The summed E-state index contributed by atoms with van der Waals surface area (Å²) < 4.78 is 69.6. The summed E-state index contributed by atoms with van der Waals surface area (Å²) in [6.07, 6.45) is 1.40. The van der Waals surface area contributed by atoms with Crippen LogP contribution in [-0.2, 0) is 17.1 Å². The number of hydrogen-bond donors (Lipinski definition) is 2. The molecule has 0 unspecified atom stereocenters. The molecular formula is C20H19F3N4O4S. The Morgan fingerprint density at radius 3 is 2.38 bits per heavy atom. The van der Waals surface area contributed by atoms with Gasteiger partial charge < -0.3 is 15.0 Å². The van der Waals surface area contributed by atoms with Crippen molar-refractivity contribution in [1.82, 2.24) is 13.9 Å². The quantitative estimate of drug-likeness (QED) is 0.573. The van der Waals surface area contributed by atoms with Crippen molar-refractivity contribution in [1.29, 1.82) is 0 Å². The van der Waals surface area contributed by atoms with Crippen LogP contribution in [0.25, 0.3) is 11.0 Å².